The highest BCUT2D eigenvalue weighted by Gasteiger charge is 2.34. The zero-order chi connectivity index (χ0) is 12.7. The highest BCUT2D eigenvalue weighted by atomic mass is 35.5. The summed E-state index contributed by atoms with van der Waals surface area (Å²) in [6, 6.07) is 4.41. The van der Waals surface area contributed by atoms with Gasteiger partial charge in [-0.05, 0) is 37.0 Å². The second-order valence-electron chi connectivity index (χ2n) is 4.92. The van der Waals surface area contributed by atoms with Crippen molar-refractivity contribution in [3.05, 3.63) is 29.0 Å². The molecule has 3 rings (SSSR count). The van der Waals surface area contributed by atoms with Gasteiger partial charge in [-0.2, -0.15) is 0 Å². The first-order valence-corrected chi connectivity index (χ1v) is 6.54. The topological polar surface area (TPSA) is 23.6 Å². The van der Waals surface area contributed by atoms with Crippen LogP contribution in [0.5, 0.6) is 0 Å². The first-order chi connectivity index (χ1) is 8.65. The van der Waals surface area contributed by atoms with Crippen LogP contribution in [0.25, 0.3) is 0 Å². The van der Waals surface area contributed by atoms with Crippen molar-refractivity contribution in [1.29, 1.82) is 0 Å². The van der Waals surface area contributed by atoms with Crippen molar-refractivity contribution < 1.29 is 9.18 Å². The predicted octanol–water partition coefficient (Wildman–Crippen LogP) is 3.13. The third-order valence-electron chi connectivity index (χ3n) is 3.49. The molecule has 96 valence electrons. The normalized spacial score (nSPS) is 19.8. The molecule has 0 N–H and O–H groups in total. The molecule has 2 aliphatic rings. The van der Waals surface area contributed by atoms with Gasteiger partial charge >= 0.3 is 6.03 Å². The van der Waals surface area contributed by atoms with Crippen molar-refractivity contribution in [2.75, 3.05) is 24.5 Å². The average Bonchev–Trinajstić information content (AvgIpc) is 3.09. The van der Waals surface area contributed by atoms with Crippen LogP contribution in [0.2, 0.25) is 5.02 Å². The minimum absolute atomic E-state index is 0.00424. The zero-order valence-electron chi connectivity index (χ0n) is 9.90. The summed E-state index contributed by atoms with van der Waals surface area (Å²) in [5.74, 6) is 0.229. The molecular formula is C13H14ClFN2O. The van der Waals surface area contributed by atoms with Gasteiger partial charge in [0.05, 0.1) is 5.02 Å². The molecule has 1 aliphatic heterocycles. The van der Waals surface area contributed by atoms with Gasteiger partial charge < -0.3 is 4.90 Å². The van der Waals surface area contributed by atoms with E-state index in [1.807, 2.05) is 4.90 Å². The number of amides is 2. The number of anilines is 1. The van der Waals surface area contributed by atoms with E-state index in [2.05, 4.69) is 0 Å². The fourth-order valence-electron chi connectivity index (χ4n) is 2.26. The molecule has 0 atom stereocenters. The number of carbonyl (C=O) groups is 1. The van der Waals surface area contributed by atoms with E-state index in [9.17, 15) is 9.18 Å². The highest BCUT2D eigenvalue weighted by molar-refractivity contribution is 6.31. The Morgan fingerprint density at radius 1 is 1.33 bits per heavy atom. The van der Waals surface area contributed by atoms with Gasteiger partial charge in [0, 0.05) is 25.3 Å². The monoisotopic (exact) mass is 268 g/mol. The lowest BCUT2D eigenvalue weighted by atomic mass is 10.3. The Morgan fingerprint density at radius 3 is 2.78 bits per heavy atom. The van der Waals surface area contributed by atoms with Crippen LogP contribution in [-0.2, 0) is 0 Å². The van der Waals surface area contributed by atoms with Gasteiger partial charge in [-0.25, -0.2) is 9.18 Å². The molecule has 1 saturated carbocycles. The van der Waals surface area contributed by atoms with Crippen molar-refractivity contribution in [3.63, 3.8) is 0 Å². The molecule has 5 heteroatoms. The first-order valence-electron chi connectivity index (χ1n) is 6.16. The summed E-state index contributed by atoms with van der Waals surface area (Å²) in [6.07, 6.45) is 2.46. The number of halogens is 2. The van der Waals surface area contributed by atoms with Crippen molar-refractivity contribution in [2.24, 2.45) is 5.92 Å². The maximum atomic E-state index is 13.1. The van der Waals surface area contributed by atoms with Crippen molar-refractivity contribution in [2.45, 2.75) is 12.8 Å². The second-order valence-corrected chi connectivity index (χ2v) is 5.33. The fraction of sp³-hybridized carbons (Fsp3) is 0.462. The Hall–Kier alpha value is -1.29. The van der Waals surface area contributed by atoms with E-state index in [1.54, 1.807) is 11.0 Å². The van der Waals surface area contributed by atoms with Gasteiger partial charge in [-0.3, -0.25) is 4.90 Å². The molecule has 0 aromatic heterocycles. The summed E-state index contributed by atoms with van der Waals surface area (Å²) in [5.41, 5.74) is 0.671. The standard InChI is InChI=1S/C13H14ClFN2O/c14-11-7-10(3-4-12(11)15)17-6-5-16(13(17)18)8-9-1-2-9/h3-4,7,9H,1-2,5-6,8H2. The van der Waals surface area contributed by atoms with Gasteiger partial charge in [0.2, 0.25) is 0 Å². The van der Waals surface area contributed by atoms with Crippen LogP contribution in [0, 0.1) is 11.7 Å². The van der Waals surface area contributed by atoms with E-state index in [-0.39, 0.29) is 11.1 Å². The molecule has 1 saturated heterocycles. The van der Waals surface area contributed by atoms with E-state index in [1.165, 1.54) is 25.0 Å². The number of rotatable bonds is 3. The molecule has 3 nitrogen and oxygen atoms in total. The van der Waals surface area contributed by atoms with Crippen molar-refractivity contribution in [3.8, 4) is 0 Å². The van der Waals surface area contributed by atoms with Gasteiger partial charge in [0.1, 0.15) is 5.82 Å². The van der Waals surface area contributed by atoms with E-state index >= 15 is 0 Å². The second kappa shape index (κ2) is 4.43. The Kier molecular flexibility index (Phi) is 2.90. The molecule has 18 heavy (non-hydrogen) atoms. The smallest absolute Gasteiger partial charge is 0.322 e. The van der Waals surface area contributed by atoms with Crippen LogP contribution in [0.3, 0.4) is 0 Å². The lowest BCUT2D eigenvalue weighted by molar-refractivity contribution is 0.218. The molecule has 0 unspecified atom stereocenters. The number of hydrogen-bond donors (Lipinski definition) is 0. The van der Waals surface area contributed by atoms with Crippen LogP contribution in [-0.4, -0.2) is 30.6 Å². The lowest BCUT2D eigenvalue weighted by Crippen LogP contribution is -2.33. The van der Waals surface area contributed by atoms with Crippen molar-refractivity contribution in [1.82, 2.24) is 4.90 Å². The number of carbonyl (C=O) groups excluding carboxylic acids is 1. The van der Waals surface area contributed by atoms with E-state index < -0.39 is 5.82 Å². The summed E-state index contributed by atoms with van der Waals surface area (Å²) in [4.78, 5) is 15.7. The maximum absolute atomic E-state index is 13.1. The summed E-state index contributed by atoms with van der Waals surface area (Å²) in [6.45, 7) is 2.24. The van der Waals surface area contributed by atoms with E-state index in [0.29, 0.717) is 18.2 Å². The van der Waals surface area contributed by atoms with Gasteiger partial charge in [0.25, 0.3) is 0 Å². The third kappa shape index (κ3) is 2.17. The molecule has 0 spiro atoms. The first kappa shape index (κ1) is 11.8. The Balaban J connectivity index is 1.76. The van der Waals surface area contributed by atoms with E-state index in [4.69, 9.17) is 11.6 Å². The molecule has 2 fully saturated rings. The van der Waals surface area contributed by atoms with Crippen LogP contribution >= 0.6 is 11.6 Å². The number of benzene rings is 1. The lowest BCUT2D eigenvalue weighted by Gasteiger charge is -2.18. The summed E-state index contributed by atoms with van der Waals surface area (Å²) in [7, 11) is 0. The molecule has 1 aromatic carbocycles. The SMILES string of the molecule is O=C1N(CC2CC2)CCN1c1ccc(F)c(Cl)c1. The molecule has 1 aromatic rings. The molecule has 2 amide bonds. The predicted molar refractivity (Wildman–Crippen MR) is 68.4 cm³/mol. The minimum Gasteiger partial charge on any atom is -0.322 e. The molecule has 0 radical (unpaired) electrons. The molecule has 1 aliphatic carbocycles. The average molecular weight is 269 g/mol. The maximum Gasteiger partial charge on any atom is 0.324 e. The molecular weight excluding hydrogens is 255 g/mol. The number of urea groups is 1. The van der Waals surface area contributed by atoms with Crippen LogP contribution < -0.4 is 4.90 Å². The zero-order valence-corrected chi connectivity index (χ0v) is 10.7. The Labute approximate surface area is 110 Å². The highest BCUT2D eigenvalue weighted by Crippen LogP contribution is 2.32. The van der Waals surface area contributed by atoms with Gasteiger partial charge in [0.15, 0.2) is 0 Å². The minimum atomic E-state index is -0.457. The van der Waals surface area contributed by atoms with Gasteiger partial charge in [-0.1, -0.05) is 11.6 Å². The fourth-order valence-corrected chi connectivity index (χ4v) is 2.43. The summed E-state index contributed by atoms with van der Waals surface area (Å²) < 4.78 is 13.1. The number of nitrogens with zero attached hydrogens (tertiary/aromatic N) is 2. The molecule has 0 bridgehead atoms. The number of hydrogen-bond acceptors (Lipinski definition) is 1. The quantitative estimate of drug-likeness (QED) is 0.826. The Bertz CT molecular complexity index is 490. The van der Waals surface area contributed by atoms with Crippen LogP contribution in [0.4, 0.5) is 14.9 Å². The van der Waals surface area contributed by atoms with Crippen LogP contribution in [0.1, 0.15) is 12.8 Å². The Morgan fingerprint density at radius 2 is 2.11 bits per heavy atom. The largest absolute Gasteiger partial charge is 0.324 e. The van der Waals surface area contributed by atoms with E-state index in [0.717, 1.165) is 13.1 Å². The van der Waals surface area contributed by atoms with Gasteiger partial charge in [-0.15, -0.1) is 0 Å². The van der Waals surface area contributed by atoms with Crippen molar-refractivity contribution >= 4 is 23.3 Å². The third-order valence-corrected chi connectivity index (χ3v) is 3.77. The summed E-state index contributed by atoms with van der Waals surface area (Å²) >= 11 is 5.74. The summed E-state index contributed by atoms with van der Waals surface area (Å²) in [5, 5.41) is 0.0564. The van der Waals surface area contributed by atoms with Crippen LogP contribution in [0.15, 0.2) is 18.2 Å². The molecule has 1 heterocycles.